The number of hydrogen-bond acceptors (Lipinski definition) is 3. The van der Waals surface area contributed by atoms with Gasteiger partial charge in [0.2, 0.25) is 0 Å². The summed E-state index contributed by atoms with van der Waals surface area (Å²) in [6.07, 6.45) is 1.55. The Labute approximate surface area is 172 Å². The monoisotopic (exact) mass is 432 g/mol. The van der Waals surface area contributed by atoms with Gasteiger partial charge in [0.05, 0.1) is 0 Å². The molecule has 5 heteroatoms. The Morgan fingerprint density at radius 2 is 1.68 bits per heavy atom. The lowest BCUT2D eigenvalue weighted by atomic mass is 10.1. The van der Waals surface area contributed by atoms with Gasteiger partial charge >= 0.3 is 0 Å². The zero-order valence-corrected chi connectivity index (χ0v) is 16.5. The third-order valence-corrected chi connectivity index (χ3v) is 4.44. The number of ether oxygens (including phenoxy) is 1. The number of anilines is 1. The van der Waals surface area contributed by atoms with Crippen LogP contribution in [-0.2, 0) is 11.4 Å². The Morgan fingerprint density at radius 1 is 1.00 bits per heavy atom. The summed E-state index contributed by atoms with van der Waals surface area (Å²) < 4.78 is 6.79. The van der Waals surface area contributed by atoms with Crippen LogP contribution in [0.15, 0.2) is 88.9 Å². The minimum atomic E-state index is -0.440. The van der Waals surface area contributed by atoms with Gasteiger partial charge in [-0.25, -0.2) is 0 Å². The van der Waals surface area contributed by atoms with E-state index in [1.165, 1.54) is 0 Å². The molecule has 0 fully saturated rings. The Kier molecular flexibility index (Phi) is 6.61. The van der Waals surface area contributed by atoms with Gasteiger partial charge in [-0.05, 0) is 53.6 Å². The Hall–Kier alpha value is -3.36. The molecule has 0 aliphatic carbocycles. The number of benzene rings is 3. The molecule has 3 rings (SSSR count). The van der Waals surface area contributed by atoms with E-state index in [0.717, 1.165) is 15.6 Å². The summed E-state index contributed by atoms with van der Waals surface area (Å²) >= 11 is 3.41. The quantitative estimate of drug-likeness (QED) is 0.408. The average molecular weight is 433 g/mol. The van der Waals surface area contributed by atoms with Gasteiger partial charge in [0.25, 0.3) is 5.91 Å². The first-order valence-electron chi connectivity index (χ1n) is 8.59. The molecule has 0 heterocycles. The van der Waals surface area contributed by atoms with Gasteiger partial charge in [0.1, 0.15) is 24.0 Å². The number of carbonyl (C=O) groups excluding carboxylic acids is 1. The van der Waals surface area contributed by atoms with E-state index >= 15 is 0 Å². The second-order valence-corrected chi connectivity index (χ2v) is 6.89. The Bertz CT molecular complexity index is 1010. The third-order valence-electron chi connectivity index (χ3n) is 3.91. The van der Waals surface area contributed by atoms with Gasteiger partial charge in [0.15, 0.2) is 0 Å². The summed E-state index contributed by atoms with van der Waals surface area (Å²) in [7, 11) is 0. The van der Waals surface area contributed by atoms with Crippen LogP contribution in [0.1, 0.15) is 11.1 Å². The minimum absolute atomic E-state index is 0.0346. The van der Waals surface area contributed by atoms with Crippen molar-refractivity contribution < 1.29 is 9.53 Å². The third kappa shape index (κ3) is 5.57. The highest BCUT2D eigenvalue weighted by atomic mass is 79.9. The number of nitrogens with one attached hydrogen (secondary N) is 1. The molecule has 4 nitrogen and oxygen atoms in total. The van der Waals surface area contributed by atoms with Gasteiger partial charge in [-0.1, -0.05) is 58.4 Å². The standard InChI is InChI=1S/C23H17BrN2O2/c24-20-10-6-18(7-11-20)16-28-22-12-8-17(9-13-22)14-19(15-25)23(27)26-21-4-2-1-3-5-21/h1-14H,16H2,(H,26,27)/b19-14-. The van der Waals surface area contributed by atoms with Crippen LogP contribution in [0.25, 0.3) is 6.08 Å². The number of hydrogen-bond donors (Lipinski definition) is 1. The van der Waals surface area contributed by atoms with Crippen molar-refractivity contribution in [1.29, 1.82) is 5.26 Å². The maximum absolute atomic E-state index is 12.3. The van der Waals surface area contributed by atoms with Crippen LogP contribution in [-0.4, -0.2) is 5.91 Å². The molecule has 1 N–H and O–H groups in total. The first-order valence-corrected chi connectivity index (χ1v) is 9.39. The minimum Gasteiger partial charge on any atom is -0.489 e. The van der Waals surface area contributed by atoms with Crippen molar-refractivity contribution in [3.8, 4) is 11.8 Å². The maximum Gasteiger partial charge on any atom is 0.266 e. The van der Waals surface area contributed by atoms with Crippen LogP contribution in [0.3, 0.4) is 0 Å². The van der Waals surface area contributed by atoms with Gasteiger partial charge in [-0.2, -0.15) is 5.26 Å². The molecule has 0 spiro atoms. The fourth-order valence-corrected chi connectivity index (χ4v) is 2.71. The van der Waals surface area contributed by atoms with Crippen LogP contribution in [0.2, 0.25) is 0 Å². The van der Waals surface area contributed by atoms with E-state index in [2.05, 4.69) is 21.2 Å². The first kappa shape index (κ1) is 19.4. The van der Waals surface area contributed by atoms with E-state index in [9.17, 15) is 10.1 Å². The van der Waals surface area contributed by atoms with Crippen molar-refractivity contribution in [3.05, 3.63) is 100 Å². The van der Waals surface area contributed by atoms with E-state index < -0.39 is 5.91 Å². The zero-order chi connectivity index (χ0) is 19.8. The highest BCUT2D eigenvalue weighted by Crippen LogP contribution is 2.18. The molecule has 0 saturated heterocycles. The molecule has 0 unspecified atom stereocenters. The molecule has 3 aromatic carbocycles. The van der Waals surface area contributed by atoms with Crippen molar-refractivity contribution in [2.24, 2.45) is 0 Å². The molecule has 0 bridgehead atoms. The fraction of sp³-hybridized carbons (Fsp3) is 0.0435. The summed E-state index contributed by atoms with van der Waals surface area (Å²) in [5.74, 6) is 0.275. The molecule has 3 aromatic rings. The van der Waals surface area contributed by atoms with Crippen LogP contribution < -0.4 is 10.1 Å². The molecule has 0 aliphatic heterocycles. The summed E-state index contributed by atoms with van der Waals surface area (Å²) in [5, 5.41) is 12.0. The van der Waals surface area contributed by atoms with Gasteiger partial charge < -0.3 is 10.1 Å². The summed E-state index contributed by atoms with van der Waals surface area (Å²) in [4.78, 5) is 12.3. The molecule has 0 atom stereocenters. The molecule has 138 valence electrons. The van der Waals surface area contributed by atoms with Crippen molar-refractivity contribution in [3.63, 3.8) is 0 Å². The van der Waals surface area contributed by atoms with Crippen LogP contribution in [0, 0.1) is 11.3 Å². The number of amides is 1. The lowest BCUT2D eigenvalue weighted by Crippen LogP contribution is -2.13. The molecule has 0 radical (unpaired) electrons. The second kappa shape index (κ2) is 9.54. The summed E-state index contributed by atoms with van der Waals surface area (Å²) in [5.41, 5.74) is 2.49. The fourth-order valence-electron chi connectivity index (χ4n) is 2.44. The number of rotatable bonds is 6. The topological polar surface area (TPSA) is 62.1 Å². The molecule has 0 aliphatic rings. The molecule has 1 amide bonds. The van der Waals surface area contributed by atoms with Crippen LogP contribution >= 0.6 is 15.9 Å². The van der Waals surface area contributed by atoms with E-state index in [1.807, 2.05) is 72.8 Å². The van der Waals surface area contributed by atoms with Crippen LogP contribution in [0.4, 0.5) is 5.69 Å². The molecular weight excluding hydrogens is 416 g/mol. The summed E-state index contributed by atoms with van der Waals surface area (Å²) in [6, 6.07) is 26.1. The van der Waals surface area contributed by atoms with Crippen molar-refractivity contribution in [2.45, 2.75) is 6.61 Å². The van der Waals surface area contributed by atoms with Crippen molar-refractivity contribution in [2.75, 3.05) is 5.32 Å². The Morgan fingerprint density at radius 3 is 2.32 bits per heavy atom. The predicted molar refractivity (Wildman–Crippen MR) is 114 cm³/mol. The first-order chi connectivity index (χ1) is 13.6. The molecule has 28 heavy (non-hydrogen) atoms. The van der Waals surface area contributed by atoms with Crippen molar-refractivity contribution in [1.82, 2.24) is 0 Å². The largest absolute Gasteiger partial charge is 0.489 e. The molecular formula is C23H17BrN2O2. The predicted octanol–water partition coefficient (Wildman–Crippen LogP) is 5.57. The number of nitriles is 1. The number of carbonyl (C=O) groups is 1. The molecule has 0 aromatic heterocycles. The SMILES string of the molecule is N#C/C(=C/c1ccc(OCc2ccc(Br)cc2)cc1)C(=O)Nc1ccccc1. The van der Waals surface area contributed by atoms with E-state index in [0.29, 0.717) is 18.0 Å². The van der Waals surface area contributed by atoms with E-state index in [1.54, 1.807) is 18.2 Å². The summed E-state index contributed by atoms with van der Waals surface area (Å²) in [6.45, 7) is 0.464. The molecule has 0 saturated carbocycles. The number of para-hydroxylation sites is 1. The zero-order valence-electron chi connectivity index (χ0n) is 14.9. The smallest absolute Gasteiger partial charge is 0.266 e. The number of nitrogens with zero attached hydrogens (tertiary/aromatic N) is 1. The highest BCUT2D eigenvalue weighted by Gasteiger charge is 2.09. The van der Waals surface area contributed by atoms with Crippen LogP contribution in [0.5, 0.6) is 5.75 Å². The van der Waals surface area contributed by atoms with Gasteiger partial charge in [-0.15, -0.1) is 0 Å². The second-order valence-electron chi connectivity index (χ2n) is 5.97. The van der Waals surface area contributed by atoms with Gasteiger partial charge in [0, 0.05) is 10.2 Å². The van der Waals surface area contributed by atoms with E-state index in [4.69, 9.17) is 4.74 Å². The number of halogens is 1. The highest BCUT2D eigenvalue weighted by molar-refractivity contribution is 9.10. The lowest BCUT2D eigenvalue weighted by Gasteiger charge is -2.07. The maximum atomic E-state index is 12.3. The van der Waals surface area contributed by atoms with Gasteiger partial charge in [-0.3, -0.25) is 4.79 Å². The average Bonchev–Trinajstić information content (AvgIpc) is 2.73. The van der Waals surface area contributed by atoms with E-state index in [-0.39, 0.29) is 5.57 Å². The lowest BCUT2D eigenvalue weighted by molar-refractivity contribution is -0.112. The van der Waals surface area contributed by atoms with Crippen molar-refractivity contribution >= 4 is 33.6 Å². The Balaban J connectivity index is 1.63. The normalized spacial score (nSPS) is 10.8.